The lowest BCUT2D eigenvalue weighted by Gasteiger charge is -2.35. The maximum Gasteiger partial charge on any atom is 0.122 e. The van der Waals surface area contributed by atoms with Crippen molar-refractivity contribution in [2.45, 2.75) is 57.5 Å². The number of benzene rings is 1. The van der Waals surface area contributed by atoms with Gasteiger partial charge in [0.25, 0.3) is 0 Å². The maximum absolute atomic E-state index is 9.75. The van der Waals surface area contributed by atoms with E-state index in [0.29, 0.717) is 0 Å². The summed E-state index contributed by atoms with van der Waals surface area (Å²) in [7, 11) is 1.73. The first-order valence-corrected chi connectivity index (χ1v) is 6.93. The molecule has 2 nitrogen and oxygen atoms in total. The van der Waals surface area contributed by atoms with Gasteiger partial charge < -0.3 is 9.84 Å². The Morgan fingerprint density at radius 1 is 1.22 bits per heavy atom. The summed E-state index contributed by atoms with van der Waals surface area (Å²) in [5, 5.41) is 9.75. The molecule has 1 saturated carbocycles. The lowest BCUT2D eigenvalue weighted by molar-refractivity contribution is 0.198. The molecule has 0 aliphatic heterocycles. The number of rotatable bonds is 3. The number of aliphatic hydroxyl groups is 1. The summed E-state index contributed by atoms with van der Waals surface area (Å²) in [5.41, 5.74) is 2.45. The Morgan fingerprint density at radius 3 is 2.44 bits per heavy atom. The smallest absolute Gasteiger partial charge is 0.122 e. The molecule has 1 fully saturated rings. The second kappa shape index (κ2) is 5.31. The summed E-state index contributed by atoms with van der Waals surface area (Å²) in [6, 6.07) is 6.09. The normalized spacial score (nSPS) is 20.4. The number of methoxy groups -OCH3 is 1. The van der Waals surface area contributed by atoms with E-state index in [9.17, 15) is 5.11 Å². The minimum Gasteiger partial charge on any atom is -0.496 e. The van der Waals surface area contributed by atoms with Crippen molar-refractivity contribution in [2.75, 3.05) is 7.11 Å². The van der Waals surface area contributed by atoms with Crippen molar-refractivity contribution in [3.63, 3.8) is 0 Å². The minimum absolute atomic E-state index is 0.203. The lowest BCUT2D eigenvalue weighted by atomic mass is 9.70. The number of hydrogen-bond donors (Lipinski definition) is 1. The van der Waals surface area contributed by atoms with Crippen LogP contribution in [0.4, 0.5) is 0 Å². The molecule has 1 unspecified atom stereocenters. The predicted molar refractivity (Wildman–Crippen MR) is 74.1 cm³/mol. The van der Waals surface area contributed by atoms with E-state index in [1.54, 1.807) is 7.11 Å². The van der Waals surface area contributed by atoms with Crippen LogP contribution in [-0.2, 0) is 5.41 Å². The summed E-state index contributed by atoms with van der Waals surface area (Å²) < 4.78 is 5.52. The highest BCUT2D eigenvalue weighted by molar-refractivity contribution is 5.43. The fourth-order valence-electron chi connectivity index (χ4n) is 3.06. The van der Waals surface area contributed by atoms with E-state index in [1.807, 2.05) is 19.1 Å². The Labute approximate surface area is 110 Å². The third kappa shape index (κ3) is 2.54. The largest absolute Gasteiger partial charge is 0.496 e. The topological polar surface area (TPSA) is 29.5 Å². The van der Waals surface area contributed by atoms with Crippen LogP contribution in [0, 0.1) is 0 Å². The highest BCUT2D eigenvalue weighted by Crippen LogP contribution is 2.43. The van der Waals surface area contributed by atoms with E-state index in [4.69, 9.17) is 4.74 Å². The van der Waals surface area contributed by atoms with Gasteiger partial charge in [-0.3, -0.25) is 0 Å². The van der Waals surface area contributed by atoms with Crippen LogP contribution in [0.25, 0.3) is 0 Å². The van der Waals surface area contributed by atoms with Crippen LogP contribution in [0.5, 0.6) is 5.75 Å². The van der Waals surface area contributed by atoms with Crippen LogP contribution >= 0.6 is 0 Å². The molecule has 0 spiro atoms. The molecule has 0 heterocycles. The second-order valence-corrected chi connectivity index (χ2v) is 5.76. The number of ether oxygens (including phenoxy) is 1. The molecule has 1 N–H and O–H groups in total. The molecule has 2 heteroatoms. The summed E-state index contributed by atoms with van der Waals surface area (Å²) >= 11 is 0. The van der Waals surface area contributed by atoms with Crippen LogP contribution < -0.4 is 4.74 Å². The predicted octanol–water partition coefficient (Wildman–Crippen LogP) is 3.97. The van der Waals surface area contributed by atoms with Gasteiger partial charge in [0, 0.05) is 5.56 Å². The third-order valence-electron chi connectivity index (χ3n) is 4.31. The average molecular weight is 248 g/mol. The monoisotopic (exact) mass is 248 g/mol. The van der Waals surface area contributed by atoms with E-state index in [-0.39, 0.29) is 5.41 Å². The zero-order valence-corrected chi connectivity index (χ0v) is 11.7. The highest BCUT2D eigenvalue weighted by Gasteiger charge is 2.31. The quantitative estimate of drug-likeness (QED) is 0.877. The van der Waals surface area contributed by atoms with Gasteiger partial charge in [0.2, 0.25) is 0 Å². The summed E-state index contributed by atoms with van der Waals surface area (Å²) in [6.45, 7) is 4.14. The van der Waals surface area contributed by atoms with E-state index in [2.05, 4.69) is 13.0 Å². The van der Waals surface area contributed by atoms with Gasteiger partial charge in [-0.15, -0.1) is 0 Å². The molecule has 1 aliphatic rings. The molecule has 100 valence electrons. The fraction of sp³-hybridized carbons (Fsp3) is 0.625. The molecule has 1 aromatic carbocycles. The van der Waals surface area contributed by atoms with Gasteiger partial charge in [0.05, 0.1) is 13.2 Å². The van der Waals surface area contributed by atoms with Crippen molar-refractivity contribution < 1.29 is 9.84 Å². The molecule has 18 heavy (non-hydrogen) atoms. The Hall–Kier alpha value is -1.02. The van der Waals surface area contributed by atoms with Gasteiger partial charge in [0.15, 0.2) is 0 Å². The van der Waals surface area contributed by atoms with Crippen molar-refractivity contribution in [1.29, 1.82) is 0 Å². The van der Waals surface area contributed by atoms with Gasteiger partial charge in [-0.05, 0) is 42.9 Å². The SMILES string of the molecule is COc1ccc(C(C)O)cc1C1(C)CCCCC1. The standard InChI is InChI=1S/C16H24O2/c1-12(17)13-7-8-15(18-3)14(11-13)16(2)9-5-4-6-10-16/h7-8,11-12,17H,4-6,9-10H2,1-3H3. The van der Waals surface area contributed by atoms with Crippen molar-refractivity contribution in [2.24, 2.45) is 0 Å². The molecule has 0 saturated heterocycles. The Kier molecular flexibility index (Phi) is 3.96. The van der Waals surface area contributed by atoms with Crippen LogP contribution in [-0.4, -0.2) is 12.2 Å². The Morgan fingerprint density at radius 2 is 1.89 bits per heavy atom. The fourth-order valence-corrected chi connectivity index (χ4v) is 3.06. The molecular formula is C16H24O2. The minimum atomic E-state index is -0.415. The van der Waals surface area contributed by atoms with Crippen LogP contribution in [0.15, 0.2) is 18.2 Å². The van der Waals surface area contributed by atoms with Gasteiger partial charge in [-0.2, -0.15) is 0 Å². The first-order valence-electron chi connectivity index (χ1n) is 6.93. The van der Waals surface area contributed by atoms with Gasteiger partial charge >= 0.3 is 0 Å². The number of hydrogen-bond acceptors (Lipinski definition) is 2. The molecule has 0 bridgehead atoms. The summed E-state index contributed by atoms with van der Waals surface area (Å²) in [4.78, 5) is 0. The first kappa shape index (κ1) is 13.4. The molecule has 0 radical (unpaired) electrons. The van der Waals surface area contributed by atoms with E-state index in [1.165, 1.54) is 37.7 Å². The molecule has 1 aromatic rings. The molecule has 0 amide bonds. The molecule has 1 atom stereocenters. The molecule has 0 aromatic heterocycles. The molecule has 2 rings (SSSR count). The van der Waals surface area contributed by atoms with Gasteiger partial charge in [-0.1, -0.05) is 32.3 Å². The van der Waals surface area contributed by atoms with E-state index in [0.717, 1.165) is 11.3 Å². The number of aliphatic hydroxyl groups excluding tert-OH is 1. The zero-order chi connectivity index (χ0) is 13.2. The molecule has 1 aliphatic carbocycles. The van der Waals surface area contributed by atoms with Crippen molar-refractivity contribution in [3.8, 4) is 5.75 Å². The van der Waals surface area contributed by atoms with Gasteiger partial charge in [0.1, 0.15) is 5.75 Å². The van der Waals surface area contributed by atoms with E-state index >= 15 is 0 Å². The summed E-state index contributed by atoms with van der Waals surface area (Å²) in [6.07, 6.45) is 5.94. The third-order valence-corrected chi connectivity index (χ3v) is 4.31. The van der Waals surface area contributed by atoms with Crippen molar-refractivity contribution in [1.82, 2.24) is 0 Å². The van der Waals surface area contributed by atoms with E-state index < -0.39 is 6.10 Å². The highest BCUT2D eigenvalue weighted by atomic mass is 16.5. The van der Waals surface area contributed by atoms with Crippen molar-refractivity contribution >= 4 is 0 Å². The maximum atomic E-state index is 9.75. The lowest BCUT2D eigenvalue weighted by Crippen LogP contribution is -2.26. The van der Waals surface area contributed by atoms with Crippen LogP contribution in [0.2, 0.25) is 0 Å². The second-order valence-electron chi connectivity index (χ2n) is 5.76. The van der Waals surface area contributed by atoms with Crippen LogP contribution in [0.1, 0.15) is 63.2 Å². The first-order chi connectivity index (χ1) is 8.57. The van der Waals surface area contributed by atoms with Crippen LogP contribution in [0.3, 0.4) is 0 Å². The summed E-state index contributed by atoms with van der Waals surface area (Å²) in [5.74, 6) is 0.962. The Balaban J connectivity index is 2.42. The average Bonchev–Trinajstić information content (AvgIpc) is 2.38. The van der Waals surface area contributed by atoms with Gasteiger partial charge in [-0.25, -0.2) is 0 Å². The molecular weight excluding hydrogens is 224 g/mol. The Bertz CT molecular complexity index is 404. The van der Waals surface area contributed by atoms with Crippen molar-refractivity contribution in [3.05, 3.63) is 29.3 Å². The zero-order valence-electron chi connectivity index (χ0n) is 11.7.